The minimum absolute atomic E-state index is 0.294. The maximum atomic E-state index is 11.9. The van der Waals surface area contributed by atoms with Crippen molar-refractivity contribution in [3.05, 3.63) is 58.0 Å². The minimum atomic E-state index is -0.936. The lowest BCUT2D eigenvalue weighted by Gasteiger charge is -2.07. The van der Waals surface area contributed by atoms with Crippen molar-refractivity contribution in [3.8, 4) is 5.75 Å². The lowest BCUT2D eigenvalue weighted by atomic mass is 10.1. The van der Waals surface area contributed by atoms with E-state index in [0.29, 0.717) is 21.8 Å². The molecule has 0 atom stereocenters. The Kier molecular flexibility index (Phi) is 5.20. The first kappa shape index (κ1) is 18.3. The molecule has 0 aliphatic heterocycles. The van der Waals surface area contributed by atoms with Gasteiger partial charge >= 0.3 is 5.97 Å². The number of aromatic carboxylic acids is 1. The number of hydrogen-bond acceptors (Lipinski definition) is 5. The Labute approximate surface area is 158 Å². The van der Waals surface area contributed by atoms with E-state index in [1.807, 2.05) is 24.3 Å². The zero-order valence-electron chi connectivity index (χ0n) is 14.2. The Morgan fingerprint density at radius 2 is 2.00 bits per heavy atom. The quantitative estimate of drug-likeness (QED) is 0.615. The number of carbonyl (C=O) groups excluding carboxylic acids is 1. The third kappa shape index (κ3) is 3.54. The van der Waals surface area contributed by atoms with E-state index >= 15 is 0 Å². The number of hydrogen-bond donors (Lipinski definition) is 2. The Morgan fingerprint density at radius 1 is 1.23 bits per heavy atom. The fraction of sp³-hybridized carbons (Fsp3) is 0.158. The van der Waals surface area contributed by atoms with Gasteiger partial charge in [0.25, 0.3) is 5.91 Å². The van der Waals surface area contributed by atoms with Crippen LogP contribution in [-0.2, 0) is 5.75 Å². The van der Waals surface area contributed by atoms with Gasteiger partial charge in [0.1, 0.15) is 10.6 Å². The van der Waals surface area contributed by atoms with E-state index in [1.54, 1.807) is 26.2 Å². The zero-order chi connectivity index (χ0) is 18.8. The summed E-state index contributed by atoms with van der Waals surface area (Å²) in [4.78, 5) is 24.3. The number of nitrogens with two attached hydrogens (primary N) is 1. The molecule has 0 saturated carbocycles. The van der Waals surface area contributed by atoms with E-state index in [9.17, 15) is 9.59 Å². The molecular weight excluding hydrogens is 370 g/mol. The number of carboxylic acid groups (broad SMARTS) is 1. The van der Waals surface area contributed by atoms with Gasteiger partial charge < -0.3 is 15.6 Å². The number of aryl methyl sites for hydroxylation is 1. The number of primary amides is 1. The topological polar surface area (TPSA) is 89.6 Å². The lowest BCUT2D eigenvalue weighted by Crippen LogP contribution is -2.09. The van der Waals surface area contributed by atoms with Gasteiger partial charge in [0, 0.05) is 20.7 Å². The highest BCUT2D eigenvalue weighted by Gasteiger charge is 2.18. The van der Waals surface area contributed by atoms with E-state index in [4.69, 9.17) is 15.6 Å². The average Bonchev–Trinajstić information content (AvgIpc) is 2.97. The fourth-order valence-corrected chi connectivity index (χ4v) is 5.04. The molecule has 0 radical (unpaired) electrons. The van der Waals surface area contributed by atoms with Gasteiger partial charge in [-0.05, 0) is 42.3 Å². The van der Waals surface area contributed by atoms with Gasteiger partial charge in [0.2, 0.25) is 0 Å². The summed E-state index contributed by atoms with van der Waals surface area (Å²) in [7, 11) is 1.60. The van der Waals surface area contributed by atoms with Crippen LogP contribution < -0.4 is 10.5 Å². The van der Waals surface area contributed by atoms with Gasteiger partial charge in [-0.1, -0.05) is 12.1 Å². The van der Waals surface area contributed by atoms with Crippen LogP contribution in [-0.4, -0.2) is 24.1 Å². The average molecular weight is 387 g/mol. The molecule has 0 fully saturated rings. The van der Waals surface area contributed by atoms with E-state index in [2.05, 4.69) is 0 Å². The summed E-state index contributed by atoms with van der Waals surface area (Å²) in [5.41, 5.74) is 7.54. The molecule has 3 aromatic rings. The summed E-state index contributed by atoms with van der Waals surface area (Å²) in [5.74, 6) is -0.0714. The Bertz CT molecular complexity index is 1010. The van der Waals surface area contributed by atoms with Gasteiger partial charge in [-0.15, -0.1) is 23.1 Å². The Balaban J connectivity index is 1.95. The number of thiophene rings is 1. The molecule has 1 aromatic heterocycles. The van der Waals surface area contributed by atoms with Crippen molar-refractivity contribution >= 4 is 45.1 Å². The van der Waals surface area contributed by atoms with Crippen LogP contribution in [0, 0.1) is 6.92 Å². The molecule has 0 aliphatic rings. The van der Waals surface area contributed by atoms with Crippen molar-refractivity contribution in [3.63, 3.8) is 0 Å². The highest BCUT2D eigenvalue weighted by molar-refractivity contribution is 7.99. The van der Waals surface area contributed by atoms with E-state index in [0.717, 1.165) is 26.3 Å². The normalized spacial score (nSPS) is 10.8. The SMILES string of the molecule is COc1ccc2sc(C(N)=O)c(SCc3ccc(C(=O)O)c(C)c3)c2c1. The molecule has 0 aliphatic carbocycles. The van der Waals surface area contributed by atoms with E-state index in [1.165, 1.54) is 23.1 Å². The molecule has 1 amide bonds. The summed E-state index contributed by atoms with van der Waals surface area (Å²) >= 11 is 2.88. The number of carbonyl (C=O) groups is 2. The molecule has 3 rings (SSSR count). The van der Waals surface area contributed by atoms with E-state index in [-0.39, 0.29) is 0 Å². The van der Waals surface area contributed by atoms with Crippen LogP contribution in [0.3, 0.4) is 0 Å². The summed E-state index contributed by atoms with van der Waals surface area (Å²) in [6.07, 6.45) is 0. The van der Waals surface area contributed by atoms with Gasteiger partial charge in [-0.2, -0.15) is 0 Å². The van der Waals surface area contributed by atoms with Crippen LogP contribution in [0.15, 0.2) is 41.3 Å². The molecule has 26 heavy (non-hydrogen) atoms. The lowest BCUT2D eigenvalue weighted by molar-refractivity contribution is 0.0696. The smallest absolute Gasteiger partial charge is 0.335 e. The molecule has 0 unspecified atom stereocenters. The maximum absolute atomic E-state index is 11.9. The number of ether oxygens (including phenoxy) is 1. The molecule has 0 saturated heterocycles. The standard InChI is InChI=1S/C19H17NO4S2/c1-10-7-11(3-5-13(10)19(22)23)9-25-16-14-8-12(24-2)4-6-15(14)26-17(16)18(20)21/h3-8H,9H2,1-2H3,(H2,20,21)(H,22,23). The van der Waals surface area contributed by atoms with Gasteiger partial charge in [0.15, 0.2) is 0 Å². The number of benzene rings is 2. The Morgan fingerprint density at radius 3 is 2.62 bits per heavy atom. The molecule has 0 spiro atoms. The van der Waals surface area contributed by atoms with Crippen LogP contribution in [0.1, 0.15) is 31.2 Å². The van der Waals surface area contributed by atoms with Crippen LogP contribution in [0.5, 0.6) is 5.75 Å². The van der Waals surface area contributed by atoms with Crippen LogP contribution in [0.4, 0.5) is 0 Å². The van der Waals surface area contributed by atoms with Crippen LogP contribution >= 0.6 is 23.1 Å². The molecule has 5 nitrogen and oxygen atoms in total. The van der Waals surface area contributed by atoms with Gasteiger partial charge in [0.05, 0.1) is 12.7 Å². The highest BCUT2D eigenvalue weighted by Crippen LogP contribution is 2.41. The first-order valence-electron chi connectivity index (χ1n) is 7.76. The third-order valence-electron chi connectivity index (χ3n) is 3.98. The number of carboxylic acids is 1. The second-order valence-corrected chi connectivity index (χ2v) is 7.77. The van der Waals surface area contributed by atoms with Crippen LogP contribution in [0.2, 0.25) is 0 Å². The van der Waals surface area contributed by atoms with Crippen molar-refractivity contribution in [2.75, 3.05) is 7.11 Å². The molecule has 7 heteroatoms. The second kappa shape index (κ2) is 7.39. The number of amides is 1. The van der Waals surface area contributed by atoms with Crippen molar-refractivity contribution in [1.82, 2.24) is 0 Å². The molecule has 2 aromatic carbocycles. The van der Waals surface area contributed by atoms with Crippen molar-refractivity contribution in [2.45, 2.75) is 17.6 Å². The van der Waals surface area contributed by atoms with Crippen molar-refractivity contribution in [1.29, 1.82) is 0 Å². The third-order valence-corrected chi connectivity index (χ3v) is 6.48. The monoisotopic (exact) mass is 387 g/mol. The molecule has 134 valence electrons. The number of thioether (sulfide) groups is 1. The minimum Gasteiger partial charge on any atom is -0.497 e. The van der Waals surface area contributed by atoms with Crippen molar-refractivity contribution < 1.29 is 19.4 Å². The first-order chi connectivity index (χ1) is 12.4. The molecular formula is C19H17NO4S2. The largest absolute Gasteiger partial charge is 0.497 e. The molecule has 3 N–H and O–H groups in total. The van der Waals surface area contributed by atoms with Gasteiger partial charge in [-0.3, -0.25) is 4.79 Å². The van der Waals surface area contributed by atoms with Gasteiger partial charge in [-0.25, -0.2) is 4.79 Å². The predicted molar refractivity (Wildman–Crippen MR) is 105 cm³/mol. The summed E-state index contributed by atoms with van der Waals surface area (Å²) in [6.45, 7) is 1.78. The summed E-state index contributed by atoms with van der Waals surface area (Å²) in [6, 6.07) is 10.9. The maximum Gasteiger partial charge on any atom is 0.335 e. The number of fused-ring (bicyclic) bond motifs is 1. The predicted octanol–water partition coefficient (Wildman–Crippen LogP) is 4.31. The molecule has 0 bridgehead atoms. The Hall–Kier alpha value is -2.51. The summed E-state index contributed by atoms with van der Waals surface area (Å²) < 4.78 is 6.26. The number of rotatable bonds is 6. The zero-order valence-corrected chi connectivity index (χ0v) is 15.9. The first-order valence-corrected chi connectivity index (χ1v) is 9.57. The van der Waals surface area contributed by atoms with Crippen molar-refractivity contribution in [2.24, 2.45) is 5.73 Å². The van der Waals surface area contributed by atoms with Crippen LogP contribution in [0.25, 0.3) is 10.1 Å². The number of methoxy groups -OCH3 is 1. The summed E-state index contributed by atoms with van der Waals surface area (Å²) in [5, 5.41) is 10.1. The highest BCUT2D eigenvalue weighted by atomic mass is 32.2. The fourth-order valence-electron chi connectivity index (χ4n) is 2.70. The molecule has 1 heterocycles. The van der Waals surface area contributed by atoms with E-state index < -0.39 is 11.9 Å². The second-order valence-electron chi connectivity index (χ2n) is 5.73.